The summed E-state index contributed by atoms with van der Waals surface area (Å²) in [4.78, 5) is 6.68. The summed E-state index contributed by atoms with van der Waals surface area (Å²) in [5.74, 6) is 0.936. The molecule has 0 heterocycles. The zero-order valence-corrected chi connectivity index (χ0v) is 16.2. The Hall–Kier alpha value is -0.430. The maximum atomic E-state index is 4.65. The van der Waals surface area contributed by atoms with E-state index in [0.717, 1.165) is 12.5 Å². The van der Waals surface area contributed by atoms with Crippen molar-refractivity contribution in [1.82, 2.24) is 10.2 Å². The van der Waals surface area contributed by atoms with Crippen LogP contribution in [0.5, 0.6) is 0 Å². The molecule has 0 spiro atoms. The molecule has 0 amide bonds. The van der Waals surface area contributed by atoms with Gasteiger partial charge in [0, 0.05) is 25.4 Å². The van der Waals surface area contributed by atoms with Crippen molar-refractivity contribution in [3.63, 3.8) is 0 Å². The molecule has 0 saturated carbocycles. The average Bonchev–Trinajstić information content (AvgIpc) is 2.39. The molecule has 1 N–H and O–H groups in total. The molecule has 0 aliphatic heterocycles. The van der Waals surface area contributed by atoms with E-state index in [1.165, 1.54) is 5.56 Å². The number of nitrogens with one attached hydrogen (secondary N) is 1. The third-order valence-electron chi connectivity index (χ3n) is 2.90. The minimum atomic E-state index is 0. The Labute approximate surface area is 144 Å². The first-order valence-corrected chi connectivity index (χ1v) is 7.72. The Kier molecular flexibility index (Phi) is 9.29. The van der Waals surface area contributed by atoms with Crippen molar-refractivity contribution in [1.29, 1.82) is 0 Å². The van der Waals surface area contributed by atoms with Gasteiger partial charge in [-0.25, -0.2) is 4.99 Å². The van der Waals surface area contributed by atoms with Gasteiger partial charge >= 0.3 is 0 Å². The van der Waals surface area contributed by atoms with Gasteiger partial charge in [-0.2, -0.15) is 11.8 Å². The van der Waals surface area contributed by atoms with Crippen LogP contribution in [0, 0.1) is 0 Å². The van der Waals surface area contributed by atoms with Crippen molar-refractivity contribution in [3.8, 4) is 0 Å². The molecule has 0 bridgehead atoms. The molecular weight excluding hydrogens is 381 g/mol. The second-order valence-electron chi connectivity index (χ2n) is 5.34. The number of nitrogens with zero attached hydrogens (tertiary/aromatic N) is 2. The predicted molar refractivity (Wildman–Crippen MR) is 102 cm³/mol. The van der Waals surface area contributed by atoms with Crippen molar-refractivity contribution < 1.29 is 0 Å². The van der Waals surface area contributed by atoms with Gasteiger partial charge in [-0.05, 0) is 25.7 Å². The standard InChI is InChI=1S/C15H25N3S.HI/c1-15(2,19-5)12-17-14(18(3)4)16-11-13-9-7-6-8-10-13;/h6-10H,11-12H2,1-5H3,(H,16,17);1H. The van der Waals surface area contributed by atoms with Gasteiger partial charge in [-0.3, -0.25) is 0 Å². The number of guanidine groups is 1. The Morgan fingerprint density at radius 1 is 1.25 bits per heavy atom. The fourth-order valence-electron chi connectivity index (χ4n) is 1.47. The van der Waals surface area contributed by atoms with Crippen LogP contribution in [0.15, 0.2) is 35.3 Å². The number of hydrogen-bond donors (Lipinski definition) is 1. The van der Waals surface area contributed by atoms with Crippen LogP contribution in [-0.4, -0.2) is 42.5 Å². The zero-order valence-electron chi connectivity index (χ0n) is 13.0. The molecule has 3 nitrogen and oxygen atoms in total. The van der Waals surface area contributed by atoms with E-state index in [9.17, 15) is 0 Å². The van der Waals surface area contributed by atoms with Gasteiger partial charge in [0.25, 0.3) is 0 Å². The van der Waals surface area contributed by atoms with Crippen molar-refractivity contribution in [3.05, 3.63) is 35.9 Å². The van der Waals surface area contributed by atoms with Crippen LogP contribution in [-0.2, 0) is 6.54 Å². The van der Waals surface area contributed by atoms with E-state index >= 15 is 0 Å². The minimum Gasteiger partial charge on any atom is -0.355 e. The largest absolute Gasteiger partial charge is 0.355 e. The van der Waals surface area contributed by atoms with Gasteiger partial charge in [0.15, 0.2) is 5.96 Å². The molecule has 0 aliphatic rings. The lowest BCUT2D eigenvalue weighted by Crippen LogP contribution is -2.42. The van der Waals surface area contributed by atoms with Gasteiger partial charge in [-0.15, -0.1) is 24.0 Å². The molecule has 20 heavy (non-hydrogen) atoms. The Balaban J connectivity index is 0.00000361. The summed E-state index contributed by atoms with van der Waals surface area (Å²) in [6.07, 6.45) is 2.14. The molecular formula is C15H26IN3S. The van der Waals surface area contributed by atoms with Gasteiger partial charge in [-0.1, -0.05) is 30.3 Å². The van der Waals surface area contributed by atoms with Crippen LogP contribution in [0.2, 0.25) is 0 Å². The van der Waals surface area contributed by atoms with Crippen molar-refractivity contribution >= 4 is 41.7 Å². The summed E-state index contributed by atoms with van der Waals surface area (Å²) in [6, 6.07) is 10.3. The molecule has 0 saturated heterocycles. The van der Waals surface area contributed by atoms with Crippen LogP contribution < -0.4 is 5.32 Å². The van der Waals surface area contributed by atoms with E-state index in [1.807, 2.05) is 49.0 Å². The third-order valence-corrected chi connectivity index (χ3v) is 4.15. The SMILES string of the molecule is CSC(C)(C)CNC(=NCc1ccccc1)N(C)C.I. The molecule has 1 rings (SSSR count). The van der Waals surface area contributed by atoms with E-state index in [0.29, 0.717) is 6.54 Å². The lowest BCUT2D eigenvalue weighted by Gasteiger charge is -2.26. The first-order chi connectivity index (χ1) is 8.94. The number of thioether (sulfide) groups is 1. The van der Waals surface area contributed by atoms with Crippen LogP contribution >= 0.6 is 35.7 Å². The second kappa shape index (κ2) is 9.50. The monoisotopic (exact) mass is 407 g/mol. The summed E-state index contributed by atoms with van der Waals surface area (Å²) in [6.45, 7) is 6.07. The third kappa shape index (κ3) is 7.38. The highest BCUT2D eigenvalue weighted by Gasteiger charge is 2.16. The van der Waals surface area contributed by atoms with Crippen LogP contribution in [0.3, 0.4) is 0 Å². The first-order valence-electron chi connectivity index (χ1n) is 6.49. The number of benzene rings is 1. The summed E-state index contributed by atoms with van der Waals surface area (Å²) in [5.41, 5.74) is 1.23. The quantitative estimate of drug-likeness (QED) is 0.460. The fraction of sp³-hybridized carbons (Fsp3) is 0.533. The lowest BCUT2D eigenvalue weighted by atomic mass is 10.2. The molecule has 114 valence electrons. The lowest BCUT2D eigenvalue weighted by molar-refractivity contribution is 0.561. The van der Waals surface area contributed by atoms with Gasteiger partial charge < -0.3 is 10.2 Å². The van der Waals surface area contributed by atoms with Crippen LogP contribution in [0.1, 0.15) is 19.4 Å². The Morgan fingerprint density at radius 3 is 2.35 bits per heavy atom. The molecule has 0 unspecified atom stereocenters. The van der Waals surface area contributed by atoms with Crippen molar-refractivity contribution in [2.75, 3.05) is 26.9 Å². The summed E-state index contributed by atoms with van der Waals surface area (Å²) < 4.78 is 0.212. The Morgan fingerprint density at radius 2 is 1.85 bits per heavy atom. The smallest absolute Gasteiger partial charge is 0.193 e. The van der Waals surface area contributed by atoms with E-state index in [4.69, 9.17) is 0 Å². The normalized spacial score (nSPS) is 11.8. The maximum absolute atomic E-state index is 4.65. The van der Waals surface area contributed by atoms with E-state index < -0.39 is 0 Å². The van der Waals surface area contributed by atoms with Gasteiger partial charge in [0.1, 0.15) is 0 Å². The fourth-order valence-corrected chi connectivity index (χ4v) is 1.69. The average molecular weight is 407 g/mol. The number of rotatable bonds is 5. The first kappa shape index (κ1) is 19.6. The number of hydrogen-bond acceptors (Lipinski definition) is 2. The molecule has 5 heteroatoms. The highest BCUT2D eigenvalue weighted by atomic mass is 127. The molecule has 0 aromatic heterocycles. The van der Waals surface area contributed by atoms with Gasteiger partial charge in [0.05, 0.1) is 6.54 Å². The Bertz CT molecular complexity index is 405. The van der Waals surface area contributed by atoms with Gasteiger partial charge in [0.2, 0.25) is 0 Å². The van der Waals surface area contributed by atoms with E-state index in [2.05, 4.69) is 42.5 Å². The van der Waals surface area contributed by atoms with Crippen LogP contribution in [0.4, 0.5) is 0 Å². The number of halogens is 1. The zero-order chi connectivity index (χ0) is 14.3. The summed E-state index contributed by atoms with van der Waals surface area (Å²) in [5, 5.41) is 3.44. The van der Waals surface area contributed by atoms with E-state index in [-0.39, 0.29) is 28.7 Å². The highest BCUT2D eigenvalue weighted by Crippen LogP contribution is 2.19. The molecule has 0 radical (unpaired) electrons. The molecule has 0 aliphatic carbocycles. The van der Waals surface area contributed by atoms with Crippen molar-refractivity contribution in [2.45, 2.75) is 25.1 Å². The molecule has 1 aromatic rings. The summed E-state index contributed by atoms with van der Waals surface area (Å²) >= 11 is 1.86. The maximum Gasteiger partial charge on any atom is 0.193 e. The van der Waals surface area contributed by atoms with Crippen molar-refractivity contribution in [2.24, 2.45) is 4.99 Å². The summed E-state index contributed by atoms with van der Waals surface area (Å²) in [7, 11) is 4.03. The van der Waals surface area contributed by atoms with Crippen LogP contribution in [0.25, 0.3) is 0 Å². The molecule has 0 fully saturated rings. The molecule has 0 atom stereocenters. The molecule has 1 aromatic carbocycles. The van der Waals surface area contributed by atoms with E-state index in [1.54, 1.807) is 0 Å². The highest BCUT2D eigenvalue weighted by molar-refractivity contribution is 14.0. The second-order valence-corrected chi connectivity index (χ2v) is 6.85. The topological polar surface area (TPSA) is 27.6 Å². The minimum absolute atomic E-state index is 0. The number of aliphatic imine (C=N–C) groups is 1. The predicted octanol–water partition coefficient (Wildman–Crippen LogP) is 3.45.